The minimum atomic E-state index is -4.90. The summed E-state index contributed by atoms with van der Waals surface area (Å²) in [5.74, 6) is 0.142. The lowest BCUT2D eigenvalue weighted by molar-refractivity contribution is -0.274. The predicted octanol–water partition coefficient (Wildman–Crippen LogP) is 4.39. The second-order valence-electron chi connectivity index (χ2n) is 8.80. The summed E-state index contributed by atoms with van der Waals surface area (Å²) in [5, 5.41) is 0. The molecule has 2 aromatic heterocycles. The van der Waals surface area contributed by atoms with E-state index in [0.29, 0.717) is 50.4 Å². The van der Waals surface area contributed by atoms with Gasteiger partial charge < -0.3 is 19.9 Å². The van der Waals surface area contributed by atoms with Crippen LogP contribution in [0.25, 0.3) is 11.3 Å². The summed E-state index contributed by atoms with van der Waals surface area (Å²) >= 11 is 0. The van der Waals surface area contributed by atoms with Crippen molar-refractivity contribution in [1.29, 1.82) is 0 Å². The van der Waals surface area contributed by atoms with Gasteiger partial charge in [-0.15, -0.1) is 13.2 Å². The summed E-state index contributed by atoms with van der Waals surface area (Å²) in [7, 11) is 0. The van der Waals surface area contributed by atoms with Crippen molar-refractivity contribution < 1.29 is 31.1 Å². The minimum absolute atomic E-state index is 0.274. The molecular formula is C22H26F6N6O. The van der Waals surface area contributed by atoms with E-state index in [-0.39, 0.29) is 11.7 Å². The Morgan fingerprint density at radius 1 is 1.11 bits per heavy atom. The Kier molecular flexibility index (Phi) is 6.89. The lowest BCUT2D eigenvalue weighted by Crippen LogP contribution is -2.48. The van der Waals surface area contributed by atoms with Crippen molar-refractivity contribution in [1.82, 2.24) is 24.3 Å². The van der Waals surface area contributed by atoms with Crippen LogP contribution in [0.3, 0.4) is 0 Å². The van der Waals surface area contributed by atoms with Crippen LogP contribution < -0.4 is 10.5 Å². The Hall–Kier alpha value is -2.96. The maximum Gasteiger partial charge on any atom is 0.573 e. The Labute approximate surface area is 198 Å². The topological polar surface area (TPSA) is 72.4 Å². The highest BCUT2D eigenvalue weighted by atomic mass is 19.4. The zero-order chi connectivity index (χ0) is 25.4. The van der Waals surface area contributed by atoms with E-state index < -0.39 is 24.8 Å². The molecule has 0 aromatic carbocycles. The first-order valence-electron chi connectivity index (χ1n) is 11.2. The zero-order valence-corrected chi connectivity index (χ0v) is 18.9. The molecule has 2 N–H and O–H groups in total. The number of rotatable bonds is 8. The van der Waals surface area contributed by atoms with Gasteiger partial charge in [-0.05, 0) is 18.9 Å². The maximum atomic E-state index is 12.7. The summed E-state index contributed by atoms with van der Waals surface area (Å²) in [4.78, 5) is 11.8. The number of aryl methyl sites for hydroxylation is 1. The molecular weight excluding hydrogens is 478 g/mol. The molecule has 0 atom stereocenters. The van der Waals surface area contributed by atoms with E-state index >= 15 is 0 Å². The lowest BCUT2D eigenvalue weighted by atomic mass is 10.2. The average molecular weight is 504 g/mol. The molecule has 3 heterocycles. The molecule has 192 valence electrons. The van der Waals surface area contributed by atoms with Crippen LogP contribution in [0.2, 0.25) is 0 Å². The first-order chi connectivity index (χ1) is 16.4. The zero-order valence-electron chi connectivity index (χ0n) is 18.9. The molecule has 4 rings (SSSR count). The van der Waals surface area contributed by atoms with Gasteiger partial charge in [0.2, 0.25) is 0 Å². The molecule has 7 nitrogen and oxygen atoms in total. The number of anilines is 1. The molecule has 0 spiro atoms. The maximum absolute atomic E-state index is 12.7. The summed E-state index contributed by atoms with van der Waals surface area (Å²) in [6, 6.07) is 1.17. The van der Waals surface area contributed by atoms with Crippen molar-refractivity contribution in [2.45, 2.75) is 44.3 Å². The fourth-order valence-electron chi connectivity index (χ4n) is 4.10. The third-order valence-corrected chi connectivity index (χ3v) is 6.02. The van der Waals surface area contributed by atoms with Crippen molar-refractivity contribution in [3.05, 3.63) is 36.6 Å². The van der Waals surface area contributed by atoms with Crippen LogP contribution in [-0.4, -0.2) is 69.6 Å². The number of nitrogens with zero attached hydrogens (tertiary/aromatic N) is 5. The Morgan fingerprint density at radius 2 is 1.80 bits per heavy atom. The second kappa shape index (κ2) is 9.59. The van der Waals surface area contributed by atoms with Crippen LogP contribution in [-0.2, 0) is 6.54 Å². The summed E-state index contributed by atoms with van der Waals surface area (Å²) in [6.07, 6.45) is -3.49. The number of aromatic nitrogens is 3. The van der Waals surface area contributed by atoms with Crippen LogP contribution in [0, 0.1) is 0 Å². The fourth-order valence-corrected chi connectivity index (χ4v) is 4.10. The third kappa shape index (κ3) is 6.80. The van der Waals surface area contributed by atoms with Gasteiger partial charge in [0.15, 0.2) is 11.6 Å². The second-order valence-corrected chi connectivity index (χ2v) is 8.80. The number of nitrogens with two attached hydrogens (primary N) is 1. The molecule has 0 amide bonds. The van der Waals surface area contributed by atoms with E-state index in [0.717, 1.165) is 24.4 Å². The molecule has 35 heavy (non-hydrogen) atoms. The standard InChI is InChI=1S/C22H26F6N6O/c1-14(33-8-6-32(7-9-33)13-21(23,24)25)4-5-34-12-17(31-20(34)15-2-3-15)16-10-18(19(29)30-11-16)35-22(26,27)28/h10-12,15H,1-9,13H2,(H2,29,30). The number of imidazole rings is 1. The van der Waals surface area contributed by atoms with Gasteiger partial charge in [-0.25, -0.2) is 9.97 Å². The van der Waals surface area contributed by atoms with Crippen molar-refractivity contribution in [3.8, 4) is 17.0 Å². The van der Waals surface area contributed by atoms with E-state index in [2.05, 4.69) is 21.3 Å². The minimum Gasteiger partial charge on any atom is -0.402 e. The van der Waals surface area contributed by atoms with Gasteiger partial charge in [0, 0.05) is 68.7 Å². The summed E-state index contributed by atoms with van der Waals surface area (Å²) in [6.45, 7) is 5.30. The van der Waals surface area contributed by atoms with Crippen molar-refractivity contribution >= 4 is 5.82 Å². The van der Waals surface area contributed by atoms with E-state index in [1.165, 1.54) is 17.2 Å². The fraction of sp³-hybridized carbons (Fsp3) is 0.545. The van der Waals surface area contributed by atoms with E-state index in [4.69, 9.17) is 5.73 Å². The average Bonchev–Trinajstić information content (AvgIpc) is 3.51. The molecule has 2 aliphatic rings. The van der Waals surface area contributed by atoms with Gasteiger partial charge in [-0.1, -0.05) is 6.58 Å². The molecule has 2 aromatic rings. The van der Waals surface area contributed by atoms with Crippen LogP contribution in [0.1, 0.15) is 31.0 Å². The highest BCUT2D eigenvalue weighted by molar-refractivity contribution is 5.64. The molecule has 0 unspecified atom stereocenters. The molecule has 1 aliphatic carbocycles. The largest absolute Gasteiger partial charge is 0.573 e. The van der Waals surface area contributed by atoms with E-state index in [1.54, 1.807) is 6.20 Å². The van der Waals surface area contributed by atoms with Gasteiger partial charge in [0.1, 0.15) is 5.82 Å². The molecule has 0 bridgehead atoms. The first-order valence-corrected chi connectivity index (χ1v) is 11.2. The monoisotopic (exact) mass is 504 g/mol. The SMILES string of the molecule is C=C(CCn1cc(-c2cnc(N)c(OC(F)(F)F)c2)nc1C1CC1)N1CCN(CC(F)(F)F)CC1. The number of hydrogen-bond donors (Lipinski definition) is 1. The molecule has 1 saturated heterocycles. The van der Waals surface area contributed by atoms with Gasteiger partial charge >= 0.3 is 12.5 Å². The van der Waals surface area contributed by atoms with Crippen LogP contribution in [0.4, 0.5) is 32.2 Å². The Balaban J connectivity index is 1.41. The molecule has 13 heteroatoms. The normalized spacial score (nSPS) is 17.6. The van der Waals surface area contributed by atoms with Crippen LogP contribution in [0.15, 0.2) is 30.7 Å². The molecule has 1 aliphatic heterocycles. The molecule has 0 radical (unpaired) electrons. The lowest BCUT2D eigenvalue weighted by Gasteiger charge is -2.37. The Morgan fingerprint density at radius 3 is 2.40 bits per heavy atom. The number of piperazine rings is 1. The number of pyridine rings is 1. The highest BCUT2D eigenvalue weighted by Gasteiger charge is 2.34. The van der Waals surface area contributed by atoms with Gasteiger partial charge in [0.25, 0.3) is 0 Å². The summed E-state index contributed by atoms with van der Waals surface area (Å²) < 4.78 is 81.7. The molecule has 1 saturated carbocycles. The number of alkyl halides is 6. The van der Waals surface area contributed by atoms with Crippen LogP contribution in [0.5, 0.6) is 5.75 Å². The smallest absolute Gasteiger partial charge is 0.402 e. The van der Waals surface area contributed by atoms with Crippen LogP contribution >= 0.6 is 0 Å². The number of hydrogen-bond acceptors (Lipinski definition) is 6. The van der Waals surface area contributed by atoms with Gasteiger partial charge in [0.05, 0.1) is 12.2 Å². The number of allylic oxidation sites excluding steroid dienone is 1. The highest BCUT2D eigenvalue weighted by Crippen LogP contribution is 2.41. The van der Waals surface area contributed by atoms with Gasteiger partial charge in [-0.3, -0.25) is 4.90 Å². The quantitative estimate of drug-likeness (QED) is 0.538. The van der Waals surface area contributed by atoms with Gasteiger partial charge in [-0.2, -0.15) is 13.2 Å². The molecule has 2 fully saturated rings. The van der Waals surface area contributed by atoms with Crippen molar-refractivity contribution in [2.24, 2.45) is 0 Å². The van der Waals surface area contributed by atoms with Crippen molar-refractivity contribution in [3.63, 3.8) is 0 Å². The number of halogens is 6. The third-order valence-electron chi connectivity index (χ3n) is 6.02. The predicted molar refractivity (Wildman–Crippen MR) is 116 cm³/mol. The van der Waals surface area contributed by atoms with Crippen molar-refractivity contribution in [2.75, 3.05) is 38.5 Å². The Bertz CT molecular complexity index is 1050. The van der Waals surface area contributed by atoms with E-state index in [9.17, 15) is 26.3 Å². The number of nitrogen functional groups attached to an aromatic ring is 1. The first kappa shape index (κ1) is 25.1. The summed E-state index contributed by atoms with van der Waals surface area (Å²) in [5.41, 5.74) is 7.15. The van der Waals surface area contributed by atoms with E-state index in [1.807, 2.05) is 9.47 Å². The number of ether oxygens (including phenoxy) is 1.